The molecule has 2 heterocycles. The summed E-state index contributed by atoms with van der Waals surface area (Å²) in [4.78, 5) is 2.41. The van der Waals surface area contributed by atoms with Gasteiger partial charge in [-0.1, -0.05) is 39.0 Å². The molecule has 3 nitrogen and oxygen atoms in total. The van der Waals surface area contributed by atoms with Crippen LogP contribution < -0.4 is 0 Å². The molecule has 2 aliphatic rings. The highest BCUT2D eigenvalue weighted by Crippen LogP contribution is 2.36. The summed E-state index contributed by atoms with van der Waals surface area (Å²) in [6.45, 7) is 3.84. The van der Waals surface area contributed by atoms with E-state index < -0.39 is 5.60 Å². The Morgan fingerprint density at radius 1 is 1.11 bits per heavy atom. The van der Waals surface area contributed by atoms with E-state index in [-0.39, 0.29) is 0 Å². The van der Waals surface area contributed by atoms with Crippen molar-refractivity contribution in [3.05, 3.63) is 0 Å². The van der Waals surface area contributed by atoms with Crippen LogP contribution in [-0.4, -0.2) is 48.0 Å². The van der Waals surface area contributed by atoms with Crippen molar-refractivity contribution in [1.82, 2.24) is 4.90 Å². The zero-order valence-electron chi connectivity index (χ0n) is 12.0. The molecule has 2 aliphatic heterocycles. The van der Waals surface area contributed by atoms with E-state index in [1.54, 1.807) is 0 Å². The van der Waals surface area contributed by atoms with Gasteiger partial charge in [0.2, 0.25) is 0 Å². The van der Waals surface area contributed by atoms with Gasteiger partial charge in [0.1, 0.15) is 0 Å². The van der Waals surface area contributed by atoms with E-state index in [9.17, 15) is 5.11 Å². The second-order valence-electron chi connectivity index (χ2n) is 6.31. The molecule has 0 aromatic heterocycles. The van der Waals surface area contributed by atoms with Gasteiger partial charge in [-0.25, -0.2) is 0 Å². The van der Waals surface area contributed by atoms with Crippen LogP contribution in [0.5, 0.6) is 0 Å². The van der Waals surface area contributed by atoms with Gasteiger partial charge >= 0.3 is 0 Å². The van der Waals surface area contributed by atoms with Crippen LogP contribution in [0, 0.1) is 0 Å². The summed E-state index contributed by atoms with van der Waals surface area (Å²) in [5, 5.41) is 10.8. The Hall–Kier alpha value is -0.120. The van der Waals surface area contributed by atoms with Crippen LogP contribution in [-0.2, 0) is 4.74 Å². The van der Waals surface area contributed by atoms with Crippen LogP contribution in [0.2, 0.25) is 0 Å². The van der Waals surface area contributed by atoms with Crippen LogP contribution in [0.25, 0.3) is 0 Å². The Morgan fingerprint density at radius 3 is 2.33 bits per heavy atom. The third kappa shape index (κ3) is 3.46. The number of piperidine rings is 1. The molecular weight excluding hydrogens is 226 g/mol. The lowest BCUT2D eigenvalue weighted by atomic mass is 9.78. The number of rotatable bonds is 6. The fraction of sp³-hybridized carbons (Fsp3) is 1.00. The summed E-state index contributed by atoms with van der Waals surface area (Å²) in [5.41, 5.74) is -0.419. The van der Waals surface area contributed by atoms with Crippen LogP contribution in [0.15, 0.2) is 0 Å². The highest BCUT2D eigenvalue weighted by molar-refractivity contribution is 4.97. The number of aliphatic hydroxyl groups is 1. The number of likely N-dealkylation sites (N-methyl/N-ethyl adjacent to an activating group) is 1. The van der Waals surface area contributed by atoms with Crippen LogP contribution in [0.4, 0.5) is 0 Å². The van der Waals surface area contributed by atoms with E-state index in [1.165, 1.54) is 32.1 Å². The van der Waals surface area contributed by atoms with Crippen LogP contribution >= 0.6 is 0 Å². The van der Waals surface area contributed by atoms with Crippen molar-refractivity contribution in [3.63, 3.8) is 0 Å². The van der Waals surface area contributed by atoms with Crippen molar-refractivity contribution in [1.29, 1.82) is 0 Å². The molecule has 1 N–H and O–H groups in total. The largest absolute Gasteiger partial charge is 0.390 e. The molecule has 0 amide bonds. The average molecular weight is 255 g/mol. The molecule has 0 aromatic rings. The third-order valence-electron chi connectivity index (χ3n) is 4.75. The van der Waals surface area contributed by atoms with Gasteiger partial charge in [0.25, 0.3) is 0 Å². The van der Waals surface area contributed by atoms with Gasteiger partial charge in [-0.3, -0.25) is 4.90 Å². The second kappa shape index (κ2) is 6.36. The van der Waals surface area contributed by atoms with Crippen molar-refractivity contribution >= 4 is 0 Å². The maximum absolute atomic E-state index is 10.8. The lowest BCUT2D eigenvalue weighted by molar-refractivity contribution is -0.137. The first-order valence-electron chi connectivity index (χ1n) is 7.67. The molecule has 0 saturated carbocycles. The molecular formula is C15H29NO2. The predicted molar refractivity (Wildman–Crippen MR) is 73.7 cm³/mol. The van der Waals surface area contributed by atoms with Gasteiger partial charge in [-0.05, 0) is 26.3 Å². The highest BCUT2D eigenvalue weighted by atomic mass is 16.5. The third-order valence-corrected chi connectivity index (χ3v) is 4.75. The minimum absolute atomic E-state index is 0.419. The molecule has 2 rings (SSSR count). The van der Waals surface area contributed by atoms with E-state index in [4.69, 9.17) is 4.74 Å². The van der Waals surface area contributed by atoms with E-state index in [1.807, 2.05) is 0 Å². The summed E-state index contributed by atoms with van der Waals surface area (Å²) >= 11 is 0. The first kappa shape index (κ1) is 14.3. The van der Waals surface area contributed by atoms with Crippen molar-refractivity contribution in [3.8, 4) is 0 Å². The molecule has 0 aromatic carbocycles. The number of morpholine rings is 1. The SMILES string of the molecule is CCCCCCCC1(O)CC2COCC(C1)N2C. The van der Waals surface area contributed by atoms with E-state index in [0.29, 0.717) is 12.1 Å². The fourth-order valence-corrected chi connectivity index (χ4v) is 3.50. The maximum Gasteiger partial charge on any atom is 0.0679 e. The molecule has 2 saturated heterocycles. The van der Waals surface area contributed by atoms with Gasteiger partial charge in [-0.15, -0.1) is 0 Å². The Bertz CT molecular complexity index is 243. The number of ether oxygens (including phenoxy) is 1. The van der Waals surface area contributed by atoms with Gasteiger partial charge in [0.15, 0.2) is 0 Å². The maximum atomic E-state index is 10.8. The van der Waals surface area contributed by atoms with Crippen molar-refractivity contribution in [2.45, 2.75) is 76.0 Å². The van der Waals surface area contributed by atoms with Crippen LogP contribution in [0.1, 0.15) is 58.3 Å². The zero-order chi connectivity index (χ0) is 13.0. The first-order valence-corrected chi connectivity index (χ1v) is 7.67. The minimum atomic E-state index is -0.419. The molecule has 0 aliphatic carbocycles. The quantitative estimate of drug-likeness (QED) is 0.740. The predicted octanol–water partition coefficient (Wildman–Crippen LogP) is 2.57. The van der Waals surface area contributed by atoms with Crippen molar-refractivity contribution in [2.24, 2.45) is 0 Å². The second-order valence-corrected chi connectivity index (χ2v) is 6.31. The number of fused-ring (bicyclic) bond motifs is 2. The normalized spacial score (nSPS) is 36.8. The standard InChI is InChI=1S/C15H29NO2/c1-3-4-5-6-7-8-15(17)9-13-11-18-12-14(10-15)16(13)2/h13-14,17H,3-12H2,1-2H3. The number of hydrogen-bond donors (Lipinski definition) is 1. The first-order chi connectivity index (χ1) is 8.64. The van der Waals surface area contributed by atoms with Crippen molar-refractivity contribution in [2.75, 3.05) is 20.3 Å². The molecule has 0 radical (unpaired) electrons. The van der Waals surface area contributed by atoms with Gasteiger partial charge in [-0.2, -0.15) is 0 Å². The summed E-state index contributed by atoms with van der Waals surface area (Å²) in [7, 11) is 2.18. The summed E-state index contributed by atoms with van der Waals surface area (Å²) in [6.07, 6.45) is 9.18. The Balaban J connectivity index is 1.77. The van der Waals surface area contributed by atoms with Gasteiger partial charge < -0.3 is 9.84 Å². The lowest BCUT2D eigenvalue weighted by Gasteiger charge is -2.50. The summed E-state index contributed by atoms with van der Waals surface area (Å²) in [6, 6.07) is 0.858. The highest BCUT2D eigenvalue weighted by Gasteiger charge is 2.43. The molecule has 18 heavy (non-hydrogen) atoms. The molecule has 2 atom stereocenters. The summed E-state index contributed by atoms with van der Waals surface area (Å²) in [5.74, 6) is 0. The van der Waals surface area contributed by atoms with E-state index in [2.05, 4.69) is 18.9 Å². The van der Waals surface area contributed by atoms with Gasteiger partial charge in [0, 0.05) is 12.1 Å². The summed E-state index contributed by atoms with van der Waals surface area (Å²) < 4.78 is 5.61. The number of unbranched alkanes of at least 4 members (excludes halogenated alkanes) is 4. The molecule has 0 spiro atoms. The van der Waals surface area contributed by atoms with Crippen LogP contribution in [0.3, 0.4) is 0 Å². The Labute approximate surface area is 112 Å². The number of hydrogen-bond acceptors (Lipinski definition) is 3. The molecule has 106 valence electrons. The van der Waals surface area contributed by atoms with Crippen molar-refractivity contribution < 1.29 is 9.84 Å². The number of nitrogens with zero attached hydrogens (tertiary/aromatic N) is 1. The van der Waals surface area contributed by atoms with E-state index >= 15 is 0 Å². The molecule has 2 fully saturated rings. The fourth-order valence-electron chi connectivity index (χ4n) is 3.50. The Morgan fingerprint density at radius 2 is 1.72 bits per heavy atom. The smallest absolute Gasteiger partial charge is 0.0679 e. The zero-order valence-corrected chi connectivity index (χ0v) is 12.0. The molecule has 3 heteroatoms. The monoisotopic (exact) mass is 255 g/mol. The lowest BCUT2D eigenvalue weighted by Crippen LogP contribution is -2.60. The minimum Gasteiger partial charge on any atom is -0.390 e. The topological polar surface area (TPSA) is 32.7 Å². The molecule has 2 unspecified atom stereocenters. The van der Waals surface area contributed by atoms with Gasteiger partial charge in [0.05, 0.1) is 18.8 Å². The Kier molecular flexibility index (Phi) is 5.05. The average Bonchev–Trinajstić information content (AvgIpc) is 2.31. The van der Waals surface area contributed by atoms with E-state index in [0.717, 1.165) is 32.5 Å². The molecule has 2 bridgehead atoms.